The fourth-order valence-electron chi connectivity index (χ4n) is 0.398. The maximum atomic E-state index is 11.7. The van der Waals surface area contributed by atoms with Crippen molar-refractivity contribution in [2.45, 2.75) is 47.7 Å². The first kappa shape index (κ1) is 15.7. The highest BCUT2D eigenvalue weighted by Crippen LogP contribution is 1.97. The fourth-order valence-corrected chi connectivity index (χ4v) is 0.398. The third kappa shape index (κ3) is 16.8. The fraction of sp³-hybridized carbons (Fsp3) is 1.00. The van der Waals surface area contributed by atoms with E-state index < -0.39 is 6.17 Å². The molecule has 0 aliphatic carbocycles. The molecule has 0 fully saturated rings. The molecule has 1 atom stereocenters. The van der Waals surface area contributed by atoms with Crippen LogP contribution in [0, 0.1) is 0 Å². The van der Waals surface area contributed by atoms with Crippen LogP contribution in [0.15, 0.2) is 0 Å². The van der Waals surface area contributed by atoms with Gasteiger partial charge < -0.3 is 0 Å². The van der Waals surface area contributed by atoms with Gasteiger partial charge in [-0.3, -0.25) is 0 Å². The van der Waals surface area contributed by atoms with Gasteiger partial charge in [-0.15, -0.1) is 0 Å². The Hall–Kier alpha value is -0.0700. The summed E-state index contributed by atoms with van der Waals surface area (Å²) in [6.07, 6.45) is 1.06. The first-order valence-corrected chi connectivity index (χ1v) is 2.41. The molecule has 0 rings (SSSR count). The number of alkyl halides is 1. The molecule has 1 heteroatoms. The van der Waals surface area contributed by atoms with Gasteiger partial charge in [-0.2, -0.15) is 0 Å². The van der Waals surface area contributed by atoms with E-state index in [0.29, 0.717) is 6.42 Å². The molecule has 0 aromatic rings. The molecule has 0 bridgehead atoms. The number of rotatable bonds is 2. The Morgan fingerprint density at radius 1 is 1.38 bits per heavy atom. The molecule has 0 spiro atoms. The van der Waals surface area contributed by atoms with Crippen molar-refractivity contribution in [1.82, 2.24) is 0 Å². The molecule has 0 saturated heterocycles. The van der Waals surface area contributed by atoms with E-state index in [1.165, 1.54) is 0 Å². The molecule has 0 aliphatic rings. The first-order chi connectivity index (χ1) is 2.77. The normalized spacial score (nSPS) is 10.9. The van der Waals surface area contributed by atoms with Crippen LogP contribution in [0.3, 0.4) is 0 Å². The largest absolute Gasteiger partial charge is 0.248 e. The molecule has 0 aromatic heterocycles. The highest BCUT2D eigenvalue weighted by molar-refractivity contribution is 4.41. The van der Waals surface area contributed by atoms with Crippen molar-refractivity contribution >= 4 is 0 Å². The molecular formula is C7H19F. The lowest BCUT2D eigenvalue weighted by Gasteiger charge is -1.91. The SMILES string of the molecule is C.C.CCCC(C)F. The molecule has 0 aromatic carbocycles. The summed E-state index contributed by atoms with van der Waals surface area (Å²) in [4.78, 5) is 0. The van der Waals surface area contributed by atoms with Gasteiger partial charge >= 0.3 is 0 Å². The van der Waals surface area contributed by atoms with E-state index in [0.717, 1.165) is 6.42 Å². The molecule has 54 valence electrons. The van der Waals surface area contributed by atoms with Crippen LogP contribution in [0.25, 0.3) is 0 Å². The highest BCUT2D eigenvalue weighted by atomic mass is 19.1. The molecule has 0 saturated carbocycles. The topological polar surface area (TPSA) is 0 Å². The van der Waals surface area contributed by atoms with E-state index in [4.69, 9.17) is 0 Å². The minimum atomic E-state index is -0.602. The molecule has 0 nitrogen and oxygen atoms in total. The summed E-state index contributed by atoms with van der Waals surface area (Å²) in [6.45, 7) is 3.57. The van der Waals surface area contributed by atoms with Crippen molar-refractivity contribution in [2.75, 3.05) is 0 Å². The number of hydrogen-bond donors (Lipinski definition) is 0. The maximum Gasteiger partial charge on any atom is 0.0973 e. The van der Waals surface area contributed by atoms with Gasteiger partial charge in [0.1, 0.15) is 0 Å². The summed E-state index contributed by atoms with van der Waals surface area (Å²) in [7, 11) is 0. The van der Waals surface area contributed by atoms with Crippen LogP contribution in [0.1, 0.15) is 41.5 Å². The van der Waals surface area contributed by atoms with Crippen LogP contribution >= 0.6 is 0 Å². The zero-order chi connectivity index (χ0) is 4.99. The van der Waals surface area contributed by atoms with Gasteiger partial charge in [-0.25, -0.2) is 4.39 Å². The third-order valence-electron chi connectivity index (χ3n) is 0.686. The predicted molar refractivity (Wildman–Crippen MR) is 38.9 cm³/mol. The smallest absolute Gasteiger partial charge is 0.0973 e. The Morgan fingerprint density at radius 3 is 1.75 bits per heavy atom. The van der Waals surface area contributed by atoms with Gasteiger partial charge in [0.05, 0.1) is 6.17 Å². The Bertz CT molecular complexity index is 25.6. The molecule has 8 heavy (non-hydrogen) atoms. The van der Waals surface area contributed by atoms with Crippen LogP contribution in [-0.2, 0) is 0 Å². The van der Waals surface area contributed by atoms with E-state index in [9.17, 15) is 4.39 Å². The van der Waals surface area contributed by atoms with Crippen LogP contribution in [0.2, 0.25) is 0 Å². The zero-order valence-corrected chi connectivity index (χ0v) is 4.37. The number of hydrogen-bond acceptors (Lipinski definition) is 0. The summed E-state index contributed by atoms with van der Waals surface area (Å²) < 4.78 is 11.7. The highest BCUT2D eigenvalue weighted by Gasteiger charge is 1.90. The Kier molecular flexibility index (Phi) is 19.6. The van der Waals surface area contributed by atoms with E-state index in [2.05, 4.69) is 0 Å². The van der Waals surface area contributed by atoms with Crippen molar-refractivity contribution in [3.63, 3.8) is 0 Å². The average Bonchev–Trinajstić information content (AvgIpc) is 1.35. The minimum absolute atomic E-state index is 0. The van der Waals surface area contributed by atoms with E-state index in [1.54, 1.807) is 6.92 Å². The van der Waals surface area contributed by atoms with Crippen LogP contribution in [-0.4, -0.2) is 6.17 Å². The van der Waals surface area contributed by atoms with Gasteiger partial charge in [-0.05, 0) is 13.3 Å². The lowest BCUT2D eigenvalue weighted by Crippen LogP contribution is -1.87. The molecule has 0 heterocycles. The van der Waals surface area contributed by atoms with Crippen molar-refractivity contribution in [3.8, 4) is 0 Å². The monoisotopic (exact) mass is 122 g/mol. The van der Waals surface area contributed by atoms with Gasteiger partial charge in [0, 0.05) is 0 Å². The Morgan fingerprint density at radius 2 is 1.75 bits per heavy atom. The van der Waals surface area contributed by atoms with Crippen molar-refractivity contribution in [1.29, 1.82) is 0 Å². The molecule has 0 amide bonds. The van der Waals surface area contributed by atoms with Crippen LogP contribution in [0.5, 0.6) is 0 Å². The lowest BCUT2D eigenvalue weighted by molar-refractivity contribution is 0.339. The zero-order valence-electron chi connectivity index (χ0n) is 4.37. The second kappa shape index (κ2) is 10.0. The van der Waals surface area contributed by atoms with Crippen molar-refractivity contribution in [3.05, 3.63) is 0 Å². The Balaban J connectivity index is -0.000000125. The van der Waals surface area contributed by atoms with Crippen LogP contribution in [0.4, 0.5) is 4.39 Å². The molecule has 0 aliphatic heterocycles. The van der Waals surface area contributed by atoms with E-state index >= 15 is 0 Å². The molecule has 0 N–H and O–H groups in total. The molecular weight excluding hydrogens is 103 g/mol. The molecule has 1 unspecified atom stereocenters. The van der Waals surface area contributed by atoms with Crippen LogP contribution < -0.4 is 0 Å². The summed E-state index contributed by atoms with van der Waals surface area (Å²) in [5.74, 6) is 0. The standard InChI is InChI=1S/C5H11F.2CH4/c1-3-4-5(2)6;;/h5H,3-4H2,1-2H3;2*1H4. The van der Waals surface area contributed by atoms with E-state index in [1.807, 2.05) is 6.92 Å². The number of halogens is 1. The Labute approximate surface area is 53.1 Å². The summed E-state index contributed by atoms with van der Waals surface area (Å²) >= 11 is 0. The van der Waals surface area contributed by atoms with Crippen molar-refractivity contribution in [2.24, 2.45) is 0 Å². The van der Waals surface area contributed by atoms with Gasteiger partial charge in [0.25, 0.3) is 0 Å². The first-order valence-electron chi connectivity index (χ1n) is 2.41. The van der Waals surface area contributed by atoms with Gasteiger partial charge in [-0.1, -0.05) is 28.2 Å². The summed E-state index contributed by atoms with van der Waals surface area (Å²) in [6, 6.07) is 0. The van der Waals surface area contributed by atoms with Crippen molar-refractivity contribution < 1.29 is 4.39 Å². The predicted octanol–water partition coefficient (Wildman–Crippen LogP) is 3.42. The average molecular weight is 122 g/mol. The minimum Gasteiger partial charge on any atom is -0.248 e. The second-order valence-corrected chi connectivity index (χ2v) is 1.57. The second-order valence-electron chi connectivity index (χ2n) is 1.57. The maximum absolute atomic E-state index is 11.7. The van der Waals surface area contributed by atoms with Gasteiger partial charge in [0.2, 0.25) is 0 Å². The quantitative estimate of drug-likeness (QED) is 0.526. The molecule has 0 radical (unpaired) electrons. The van der Waals surface area contributed by atoms with Gasteiger partial charge in [0.15, 0.2) is 0 Å². The summed E-state index contributed by atoms with van der Waals surface area (Å²) in [5.41, 5.74) is 0. The summed E-state index contributed by atoms with van der Waals surface area (Å²) in [5, 5.41) is 0. The third-order valence-corrected chi connectivity index (χ3v) is 0.686. The van der Waals surface area contributed by atoms with E-state index in [-0.39, 0.29) is 14.9 Å². The lowest BCUT2D eigenvalue weighted by atomic mass is 10.2.